The molecule has 1 aliphatic heterocycles. The van der Waals surface area contributed by atoms with Crippen LogP contribution in [0, 0.1) is 0 Å². The smallest absolute Gasteiger partial charge is 0.257 e. The maximum atomic E-state index is 12.3. The van der Waals surface area contributed by atoms with Gasteiger partial charge in [0.15, 0.2) is 5.58 Å². The van der Waals surface area contributed by atoms with Crippen molar-refractivity contribution in [2.75, 3.05) is 42.1 Å². The molecule has 0 saturated carbocycles. The van der Waals surface area contributed by atoms with Crippen LogP contribution in [0.3, 0.4) is 0 Å². The monoisotopic (exact) mass is 444 g/mol. The Morgan fingerprint density at radius 3 is 2.57 bits per heavy atom. The lowest BCUT2D eigenvalue weighted by molar-refractivity contribution is -0.129. The molecule has 156 valence electrons. The number of carbonyl (C=O) groups is 2. The fraction of sp³-hybridized carbons (Fsp3) is 0.286. The van der Waals surface area contributed by atoms with E-state index in [1.807, 2.05) is 29.2 Å². The topological polar surface area (TPSA) is 78.7 Å². The van der Waals surface area contributed by atoms with Gasteiger partial charge in [0.05, 0.1) is 5.75 Å². The average Bonchev–Trinajstić information content (AvgIpc) is 3.15. The van der Waals surface area contributed by atoms with Crippen molar-refractivity contribution >= 4 is 57.7 Å². The van der Waals surface area contributed by atoms with E-state index in [2.05, 4.69) is 15.2 Å². The second-order valence-electron chi connectivity index (χ2n) is 6.97. The second kappa shape index (κ2) is 8.97. The Hall–Kier alpha value is -2.71. The highest BCUT2D eigenvalue weighted by molar-refractivity contribution is 7.99. The zero-order valence-electron chi connectivity index (χ0n) is 16.4. The Kier molecular flexibility index (Phi) is 6.15. The molecule has 2 aromatic carbocycles. The van der Waals surface area contributed by atoms with Crippen molar-refractivity contribution in [3.8, 4) is 0 Å². The molecule has 1 saturated heterocycles. The summed E-state index contributed by atoms with van der Waals surface area (Å²) in [5, 5.41) is 3.91. The van der Waals surface area contributed by atoms with Gasteiger partial charge < -0.3 is 19.5 Å². The zero-order valence-corrected chi connectivity index (χ0v) is 18.0. The van der Waals surface area contributed by atoms with Crippen LogP contribution in [0.4, 0.5) is 11.4 Å². The molecule has 0 aliphatic carbocycles. The number of aromatic nitrogens is 1. The molecule has 0 spiro atoms. The number of amides is 2. The number of rotatable bonds is 5. The van der Waals surface area contributed by atoms with Gasteiger partial charge in [0.2, 0.25) is 11.8 Å². The lowest BCUT2D eigenvalue weighted by atomic mass is 10.2. The number of benzene rings is 2. The third kappa shape index (κ3) is 4.88. The van der Waals surface area contributed by atoms with Gasteiger partial charge in [0.25, 0.3) is 5.22 Å². The summed E-state index contributed by atoms with van der Waals surface area (Å²) in [6.45, 7) is 4.67. The fourth-order valence-corrected chi connectivity index (χ4v) is 4.11. The van der Waals surface area contributed by atoms with E-state index < -0.39 is 0 Å². The largest absolute Gasteiger partial charge is 0.431 e. The lowest BCUT2D eigenvalue weighted by Gasteiger charge is -2.35. The third-order valence-electron chi connectivity index (χ3n) is 4.90. The van der Waals surface area contributed by atoms with Crippen LogP contribution >= 0.6 is 23.4 Å². The Balaban J connectivity index is 1.28. The summed E-state index contributed by atoms with van der Waals surface area (Å²) in [7, 11) is 0. The number of oxazole rings is 1. The van der Waals surface area contributed by atoms with Crippen LogP contribution in [-0.4, -0.2) is 53.6 Å². The highest BCUT2D eigenvalue weighted by Crippen LogP contribution is 2.26. The van der Waals surface area contributed by atoms with Gasteiger partial charge in [0, 0.05) is 49.5 Å². The molecule has 1 aromatic heterocycles. The van der Waals surface area contributed by atoms with Crippen LogP contribution in [0.1, 0.15) is 6.92 Å². The van der Waals surface area contributed by atoms with Gasteiger partial charge in [-0.1, -0.05) is 23.4 Å². The number of thioether (sulfide) groups is 1. The van der Waals surface area contributed by atoms with Gasteiger partial charge in [-0.25, -0.2) is 4.98 Å². The van der Waals surface area contributed by atoms with E-state index >= 15 is 0 Å². The molecule has 0 radical (unpaired) electrons. The minimum Gasteiger partial charge on any atom is -0.431 e. The van der Waals surface area contributed by atoms with Crippen molar-refractivity contribution in [2.45, 2.75) is 12.1 Å². The molecule has 30 heavy (non-hydrogen) atoms. The average molecular weight is 445 g/mol. The first-order valence-electron chi connectivity index (χ1n) is 9.57. The summed E-state index contributed by atoms with van der Waals surface area (Å²) >= 11 is 7.19. The molecular weight excluding hydrogens is 424 g/mol. The van der Waals surface area contributed by atoms with Crippen LogP contribution in [0.25, 0.3) is 11.1 Å². The molecule has 1 N–H and O–H groups in total. The van der Waals surface area contributed by atoms with Gasteiger partial charge in [0.1, 0.15) is 5.52 Å². The number of hydrogen-bond donors (Lipinski definition) is 1. The molecule has 3 aromatic rings. The first kappa shape index (κ1) is 20.6. The van der Waals surface area contributed by atoms with E-state index in [-0.39, 0.29) is 17.6 Å². The van der Waals surface area contributed by atoms with Crippen LogP contribution in [-0.2, 0) is 9.59 Å². The zero-order chi connectivity index (χ0) is 21.1. The van der Waals surface area contributed by atoms with Crippen LogP contribution in [0.15, 0.2) is 52.1 Å². The normalized spacial score (nSPS) is 14.2. The SMILES string of the molecule is CC(=O)N1CCN(c2ccc(NC(=O)CSc3nc4cc(Cl)ccc4o3)cc2)CC1. The van der Waals surface area contributed by atoms with Crippen molar-refractivity contribution in [1.82, 2.24) is 9.88 Å². The highest BCUT2D eigenvalue weighted by Gasteiger charge is 2.18. The van der Waals surface area contributed by atoms with Crippen molar-refractivity contribution < 1.29 is 14.0 Å². The Labute approximate surface area is 183 Å². The first-order valence-corrected chi connectivity index (χ1v) is 10.9. The molecule has 1 aliphatic rings. The van der Waals surface area contributed by atoms with Crippen LogP contribution in [0.2, 0.25) is 5.02 Å². The molecule has 0 atom stereocenters. The number of fused-ring (bicyclic) bond motifs is 1. The quantitative estimate of drug-likeness (QED) is 0.601. The molecule has 0 unspecified atom stereocenters. The summed E-state index contributed by atoms with van der Waals surface area (Å²) in [6, 6.07) is 13.0. The number of nitrogens with one attached hydrogen (secondary N) is 1. The lowest BCUT2D eigenvalue weighted by Crippen LogP contribution is -2.48. The fourth-order valence-electron chi connectivity index (χ4n) is 3.30. The number of hydrogen-bond acceptors (Lipinski definition) is 6. The summed E-state index contributed by atoms with van der Waals surface area (Å²) in [5.74, 6) is 0.172. The number of halogens is 1. The van der Waals surface area contributed by atoms with Gasteiger partial charge in [-0.3, -0.25) is 9.59 Å². The van der Waals surface area contributed by atoms with Gasteiger partial charge in [-0.05, 0) is 42.5 Å². The summed E-state index contributed by atoms with van der Waals surface area (Å²) in [4.78, 5) is 32.1. The molecule has 2 amide bonds. The van der Waals surface area contributed by atoms with Crippen molar-refractivity contribution in [1.29, 1.82) is 0 Å². The van der Waals surface area contributed by atoms with Gasteiger partial charge >= 0.3 is 0 Å². The van der Waals surface area contributed by atoms with E-state index in [0.717, 1.165) is 37.6 Å². The molecule has 1 fully saturated rings. The molecule has 2 heterocycles. The van der Waals surface area contributed by atoms with Crippen LogP contribution < -0.4 is 10.2 Å². The van der Waals surface area contributed by atoms with E-state index in [1.54, 1.807) is 25.1 Å². The summed E-state index contributed by atoms with van der Waals surface area (Å²) in [5.41, 5.74) is 3.12. The maximum absolute atomic E-state index is 12.3. The van der Waals surface area contributed by atoms with E-state index in [0.29, 0.717) is 21.3 Å². The summed E-state index contributed by atoms with van der Waals surface area (Å²) < 4.78 is 5.61. The van der Waals surface area contributed by atoms with Gasteiger partial charge in [-0.15, -0.1) is 0 Å². The van der Waals surface area contributed by atoms with E-state index in [1.165, 1.54) is 11.8 Å². The number of piperazine rings is 1. The minimum absolute atomic E-state index is 0.118. The van der Waals surface area contributed by atoms with Gasteiger partial charge in [-0.2, -0.15) is 0 Å². The van der Waals surface area contributed by atoms with Crippen molar-refractivity contribution in [2.24, 2.45) is 0 Å². The summed E-state index contributed by atoms with van der Waals surface area (Å²) in [6.07, 6.45) is 0. The third-order valence-corrected chi connectivity index (χ3v) is 5.96. The molecule has 7 nitrogen and oxygen atoms in total. The second-order valence-corrected chi connectivity index (χ2v) is 8.33. The Morgan fingerprint density at radius 1 is 1.13 bits per heavy atom. The van der Waals surface area contributed by atoms with E-state index in [9.17, 15) is 9.59 Å². The van der Waals surface area contributed by atoms with Crippen LogP contribution in [0.5, 0.6) is 0 Å². The predicted octanol–water partition coefficient (Wildman–Crippen LogP) is 3.88. The first-order chi connectivity index (χ1) is 14.5. The maximum Gasteiger partial charge on any atom is 0.257 e. The standard InChI is InChI=1S/C21H21ClN4O3S/c1-14(27)25-8-10-26(11-9-25)17-5-3-16(4-6-17)23-20(28)13-30-21-24-18-12-15(22)2-7-19(18)29-21/h2-7,12H,8-11,13H2,1H3,(H,23,28). The predicted molar refractivity (Wildman–Crippen MR) is 119 cm³/mol. The van der Waals surface area contributed by atoms with E-state index in [4.69, 9.17) is 16.0 Å². The Bertz CT molecular complexity index is 1060. The molecular formula is C21H21ClN4O3S. The van der Waals surface area contributed by atoms with Crippen molar-refractivity contribution in [3.05, 3.63) is 47.5 Å². The molecule has 9 heteroatoms. The minimum atomic E-state index is -0.136. The Morgan fingerprint density at radius 2 is 1.87 bits per heavy atom. The molecule has 4 rings (SSSR count). The number of anilines is 2. The number of nitrogens with zero attached hydrogens (tertiary/aromatic N) is 3. The highest BCUT2D eigenvalue weighted by atomic mass is 35.5. The van der Waals surface area contributed by atoms with Crippen molar-refractivity contribution in [3.63, 3.8) is 0 Å². The number of carbonyl (C=O) groups excluding carboxylic acids is 2. The molecule has 0 bridgehead atoms.